The maximum absolute atomic E-state index is 6.17. The van der Waals surface area contributed by atoms with Gasteiger partial charge in [-0.1, -0.05) is 0 Å². The number of ether oxygens (including phenoxy) is 1. The van der Waals surface area contributed by atoms with Crippen LogP contribution in [0.25, 0.3) is 5.82 Å². The van der Waals surface area contributed by atoms with Crippen LogP contribution in [0.2, 0.25) is 0 Å². The maximum Gasteiger partial charge on any atom is 0.159 e. The molecule has 1 unspecified atom stereocenters. The first kappa shape index (κ1) is 17.9. The molecule has 0 bridgehead atoms. The molecule has 2 fully saturated rings. The zero-order chi connectivity index (χ0) is 18.3. The molecular formula is C18H25BrN6O. The van der Waals surface area contributed by atoms with Crippen LogP contribution in [-0.4, -0.2) is 51.1 Å². The van der Waals surface area contributed by atoms with Gasteiger partial charge in [-0.2, -0.15) is 5.10 Å². The first-order chi connectivity index (χ1) is 12.5. The van der Waals surface area contributed by atoms with Crippen LogP contribution in [-0.2, 0) is 4.74 Å². The van der Waals surface area contributed by atoms with Crippen molar-refractivity contribution in [2.75, 3.05) is 24.6 Å². The van der Waals surface area contributed by atoms with Crippen molar-refractivity contribution >= 4 is 21.7 Å². The number of hydrogen-bond acceptors (Lipinski definition) is 6. The van der Waals surface area contributed by atoms with E-state index < -0.39 is 0 Å². The molecule has 0 aromatic carbocycles. The molecule has 2 aromatic heterocycles. The minimum absolute atomic E-state index is 0.0371. The SMILES string of the molecule is Cc1nn(-c2cc(N3CCC4(CC3)CC(N)CCO4)ncn2)c(C)c1Br. The molecule has 0 radical (unpaired) electrons. The minimum atomic E-state index is -0.0371. The van der Waals surface area contributed by atoms with E-state index in [1.165, 1.54) is 0 Å². The molecule has 2 N–H and O–H groups in total. The lowest BCUT2D eigenvalue weighted by Gasteiger charge is -2.45. The number of nitrogens with two attached hydrogens (primary N) is 1. The zero-order valence-corrected chi connectivity index (χ0v) is 16.9. The molecule has 0 saturated carbocycles. The van der Waals surface area contributed by atoms with Gasteiger partial charge in [0.25, 0.3) is 0 Å². The number of hydrogen-bond donors (Lipinski definition) is 1. The van der Waals surface area contributed by atoms with Gasteiger partial charge in [-0.05, 0) is 55.5 Å². The first-order valence-corrected chi connectivity index (χ1v) is 9.95. The largest absolute Gasteiger partial charge is 0.375 e. The van der Waals surface area contributed by atoms with E-state index in [-0.39, 0.29) is 11.6 Å². The Morgan fingerprint density at radius 3 is 2.62 bits per heavy atom. The van der Waals surface area contributed by atoms with Gasteiger partial charge in [0, 0.05) is 31.8 Å². The van der Waals surface area contributed by atoms with Gasteiger partial charge in [-0.15, -0.1) is 0 Å². The Morgan fingerprint density at radius 1 is 1.23 bits per heavy atom. The zero-order valence-electron chi connectivity index (χ0n) is 15.3. The van der Waals surface area contributed by atoms with Crippen molar-refractivity contribution < 1.29 is 4.74 Å². The highest BCUT2D eigenvalue weighted by molar-refractivity contribution is 9.10. The average molecular weight is 421 g/mol. The quantitative estimate of drug-likeness (QED) is 0.803. The number of halogens is 1. The molecule has 26 heavy (non-hydrogen) atoms. The molecule has 1 atom stereocenters. The summed E-state index contributed by atoms with van der Waals surface area (Å²) in [5, 5.41) is 4.57. The molecular weight excluding hydrogens is 396 g/mol. The fourth-order valence-corrected chi connectivity index (χ4v) is 4.28. The summed E-state index contributed by atoms with van der Waals surface area (Å²) in [5.74, 6) is 1.73. The Bertz CT molecular complexity index is 799. The molecule has 0 aliphatic carbocycles. The van der Waals surface area contributed by atoms with Crippen molar-refractivity contribution in [3.63, 3.8) is 0 Å². The van der Waals surface area contributed by atoms with E-state index in [0.717, 1.165) is 72.9 Å². The Hall–Kier alpha value is -1.51. The summed E-state index contributed by atoms with van der Waals surface area (Å²) < 4.78 is 9.00. The van der Waals surface area contributed by atoms with Crippen LogP contribution in [0.5, 0.6) is 0 Å². The summed E-state index contributed by atoms with van der Waals surface area (Å²) in [6.07, 6.45) is 5.54. The molecule has 2 aliphatic heterocycles. The fourth-order valence-electron chi connectivity index (χ4n) is 4.03. The van der Waals surface area contributed by atoms with Crippen LogP contribution in [0.3, 0.4) is 0 Å². The van der Waals surface area contributed by atoms with E-state index >= 15 is 0 Å². The molecule has 140 valence electrons. The summed E-state index contributed by atoms with van der Waals surface area (Å²) in [7, 11) is 0. The standard InChI is InChI=1S/C18H25BrN6O/c1-12-17(19)13(2)25(23-12)16-9-15(21-11-22-16)24-6-4-18(5-7-24)10-14(20)3-8-26-18/h9,11,14H,3-8,10,20H2,1-2H3. The Morgan fingerprint density at radius 2 is 1.96 bits per heavy atom. The average Bonchev–Trinajstić information content (AvgIpc) is 2.90. The van der Waals surface area contributed by atoms with Crippen molar-refractivity contribution in [2.24, 2.45) is 5.73 Å². The second kappa shape index (κ2) is 6.90. The van der Waals surface area contributed by atoms with Crippen molar-refractivity contribution in [1.29, 1.82) is 0 Å². The smallest absolute Gasteiger partial charge is 0.159 e. The first-order valence-electron chi connectivity index (χ1n) is 9.16. The Kier molecular flexibility index (Phi) is 4.75. The third-order valence-corrected chi connectivity index (χ3v) is 6.74. The van der Waals surface area contributed by atoms with Gasteiger partial charge < -0.3 is 15.4 Å². The van der Waals surface area contributed by atoms with Gasteiger partial charge in [-0.3, -0.25) is 0 Å². The predicted octanol–water partition coefficient (Wildman–Crippen LogP) is 2.52. The summed E-state index contributed by atoms with van der Waals surface area (Å²) in [4.78, 5) is 11.2. The van der Waals surface area contributed by atoms with E-state index in [0.29, 0.717) is 0 Å². The molecule has 2 aliphatic rings. The van der Waals surface area contributed by atoms with Gasteiger partial charge in [0.1, 0.15) is 12.1 Å². The van der Waals surface area contributed by atoms with Crippen molar-refractivity contribution in [3.8, 4) is 5.82 Å². The molecule has 0 amide bonds. The van der Waals surface area contributed by atoms with Crippen LogP contribution in [0.1, 0.15) is 37.1 Å². The number of aromatic nitrogens is 4. The summed E-state index contributed by atoms with van der Waals surface area (Å²) in [6, 6.07) is 2.28. The second-order valence-electron chi connectivity index (χ2n) is 7.40. The van der Waals surface area contributed by atoms with Crippen LogP contribution in [0, 0.1) is 13.8 Å². The molecule has 8 heteroatoms. The van der Waals surface area contributed by atoms with Crippen molar-refractivity contribution in [2.45, 2.75) is 51.2 Å². The highest BCUT2D eigenvalue weighted by Gasteiger charge is 2.39. The highest BCUT2D eigenvalue weighted by Crippen LogP contribution is 2.35. The maximum atomic E-state index is 6.17. The van der Waals surface area contributed by atoms with Gasteiger partial charge in [0.2, 0.25) is 0 Å². The number of nitrogens with zero attached hydrogens (tertiary/aromatic N) is 5. The van der Waals surface area contributed by atoms with E-state index in [2.05, 4.69) is 35.9 Å². The van der Waals surface area contributed by atoms with Crippen LogP contribution in [0.15, 0.2) is 16.9 Å². The van der Waals surface area contributed by atoms with Gasteiger partial charge in [0.05, 0.1) is 21.5 Å². The van der Waals surface area contributed by atoms with Crippen LogP contribution < -0.4 is 10.6 Å². The van der Waals surface area contributed by atoms with E-state index in [9.17, 15) is 0 Å². The van der Waals surface area contributed by atoms with Gasteiger partial charge in [-0.25, -0.2) is 14.6 Å². The number of rotatable bonds is 2. The monoisotopic (exact) mass is 420 g/mol. The van der Waals surface area contributed by atoms with Gasteiger partial charge in [0.15, 0.2) is 5.82 Å². The van der Waals surface area contributed by atoms with Crippen molar-refractivity contribution in [3.05, 3.63) is 28.3 Å². The highest BCUT2D eigenvalue weighted by atomic mass is 79.9. The van der Waals surface area contributed by atoms with E-state index in [4.69, 9.17) is 10.5 Å². The lowest BCUT2D eigenvalue weighted by molar-refractivity contribution is -0.0977. The number of piperidine rings is 1. The summed E-state index contributed by atoms with van der Waals surface area (Å²) >= 11 is 3.58. The normalized spacial score (nSPS) is 22.8. The summed E-state index contributed by atoms with van der Waals surface area (Å²) in [6.45, 7) is 6.63. The Labute approximate surface area is 162 Å². The number of aryl methyl sites for hydroxylation is 1. The molecule has 4 rings (SSSR count). The van der Waals surface area contributed by atoms with Crippen LogP contribution >= 0.6 is 15.9 Å². The van der Waals surface area contributed by atoms with Gasteiger partial charge >= 0.3 is 0 Å². The minimum Gasteiger partial charge on any atom is -0.375 e. The predicted molar refractivity (Wildman–Crippen MR) is 104 cm³/mol. The van der Waals surface area contributed by atoms with E-state index in [1.807, 2.05) is 24.6 Å². The lowest BCUT2D eigenvalue weighted by Crippen LogP contribution is -2.52. The second-order valence-corrected chi connectivity index (χ2v) is 8.20. The Balaban J connectivity index is 1.52. The number of anilines is 1. The molecule has 1 spiro atoms. The molecule has 2 saturated heterocycles. The molecule has 4 heterocycles. The third-order valence-electron chi connectivity index (χ3n) is 5.59. The van der Waals surface area contributed by atoms with Crippen LogP contribution in [0.4, 0.5) is 5.82 Å². The fraction of sp³-hybridized carbons (Fsp3) is 0.611. The summed E-state index contributed by atoms with van der Waals surface area (Å²) in [5.41, 5.74) is 8.12. The molecule has 7 nitrogen and oxygen atoms in total. The van der Waals surface area contributed by atoms with Crippen molar-refractivity contribution in [1.82, 2.24) is 19.7 Å². The lowest BCUT2D eigenvalue weighted by atomic mass is 9.82. The molecule has 2 aromatic rings. The topological polar surface area (TPSA) is 82.1 Å². The van der Waals surface area contributed by atoms with E-state index in [1.54, 1.807) is 6.33 Å². The third kappa shape index (κ3) is 3.25.